The highest BCUT2D eigenvalue weighted by molar-refractivity contribution is 6.02. The largest absolute Gasteiger partial charge is 0.341 e. The molecule has 0 saturated carbocycles. The lowest BCUT2D eigenvalue weighted by Gasteiger charge is -2.20. The van der Waals surface area contributed by atoms with Gasteiger partial charge in [0.05, 0.1) is 28.8 Å². The van der Waals surface area contributed by atoms with Gasteiger partial charge in [-0.15, -0.1) is 0 Å². The number of rotatable bonds is 1. The van der Waals surface area contributed by atoms with E-state index in [-0.39, 0.29) is 0 Å². The van der Waals surface area contributed by atoms with Gasteiger partial charge in [-0.1, -0.05) is 19.1 Å². The molecule has 3 heteroatoms. The number of hydrogen-bond donors (Lipinski definition) is 0. The fraction of sp³-hybridized carbons (Fsp3) is 0.333. The molecule has 0 fully saturated rings. The maximum atomic E-state index is 9.52. The summed E-state index contributed by atoms with van der Waals surface area (Å²) in [5, 5.41) is 19.9. The van der Waals surface area contributed by atoms with Crippen molar-refractivity contribution >= 4 is 16.5 Å². The van der Waals surface area contributed by atoms with Crippen LogP contribution in [0.1, 0.15) is 43.6 Å². The number of nitriles is 2. The van der Waals surface area contributed by atoms with E-state index in [1.54, 1.807) is 0 Å². The summed E-state index contributed by atoms with van der Waals surface area (Å²) in [7, 11) is 0. The van der Waals surface area contributed by atoms with Gasteiger partial charge in [-0.2, -0.15) is 10.5 Å². The molecule has 0 spiro atoms. The molecular weight excluding hydrogens is 258 g/mol. The van der Waals surface area contributed by atoms with E-state index in [1.807, 2.05) is 24.3 Å². The van der Waals surface area contributed by atoms with Crippen molar-refractivity contribution in [2.75, 3.05) is 0 Å². The summed E-state index contributed by atoms with van der Waals surface area (Å²) in [6.07, 6.45) is 2.94. The van der Waals surface area contributed by atoms with E-state index in [2.05, 4.69) is 37.5 Å². The van der Waals surface area contributed by atoms with Gasteiger partial charge >= 0.3 is 0 Å². The van der Waals surface area contributed by atoms with Crippen molar-refractivity contribution < 1.29 is 0 Å². The minimum Gasteiger partial charge on any atom is -0.341 e. The fourth-order valence-electron chi connectivity index (χ4n) is 3.41. The molecule has 2 aromatic rings. The number of hydrogen-bond acceptors (Lipinski definition) is 2. The normalized spacial score (nSPS) is 17.2. The Balaban J connectivity index is 2.52. The van der Waals surface area contributed by atoms with Gasteiger partial charge in [0.15, 0.2) is 0 Å². The molecular formula is C18H17N3. The molecule has 1 heterocycles. The van der Waals surface area contributed by atoms with E-state index in [0.717, 1.165) is 22.9 Å². The van der Waals surface area contributed by atoms with Crippen LogP contribution in [0.25, 0.3) is 16.5 Å². The molecule has 1 aliphatic rings. The van der Waals surface area contributed by atoms with E-state index in [9.17, 15) is 10.5 Å². The van der Waals surface area contributed by atoms with Crippen LogP contribution in [0.3, 0.4) is 0 Å². The Hall–Kier alpha value is -2.52. The van der Waals surface area contributed by atoms with Gasteiger partial charge in [0.2, 0.25) is 0 Å². The van der Waals surface area contributed by atoms with E-state index < -0.39 is 0 Å². The quantitative estimate of drug-likeness (QED) is 0.783. The summed E-state index contributed by atoms with van der Waals surface area (Å²) in [5.74, 6) is 0.347. The van der Waals surface area contributed by atoms with Crippen LogP contribution in [0.2, 0.25) is 0 Å². The summed E-state index contributed by atoms with van der Waals surface area (Å²) >= 11 is 0. The van der Waals surface area contributed by atoms with Crippen LogP contribution >= 0.6 is 0 Å². The average Bonchev–Trinajstić information content (AvgIpc) is 2.80. The molecule has 1 aromatic carbocycles. The zero-order valence-electron chi connectivity index (χ0n) is 12.5. The molecule has 1 atom stereocenters. The predicted octanol–water partition coefficient (Wildman–Crippen LogP) is 4.19. The molecule has 3 nitrogen and oxygen atoms in total. The first kappa shape index (κ1) is 13.5. The molecule has 0 aliphatic heterocycles. The van der Waals surface area contributed by atoms with Crippen LogP contribution in [0, 0.1) is 28.6 Å². The van der Waals surface area contributed by atoms with Crippen molar-refractivity contribution in [2.24, 2.45) is 5.92 Å². The van der Waals surface area contributed by atoms with Crippen LogP contribution in [-0.2, 0) is 6.42 Å². The minimum atomic E-state index is 0.301. The highest BCUT2D eigenvalue weighted by Gasteiger charge is 2.27. The van der Waals surface area contributed by atoms with Gasteiger partial charge in [0.1, 0.15) is 0 Å². The van der Waals surface area contributed by atoms with Crippen LogP contribution in [0.4, 0.5) is 0 Å². The van der Waals surface area contributed by atoms with Gasteiger partial charge in [0, 0.05) is 22.7 Å². The average molecular weight is 275 g/mol. The topological polar surface area (TPSA) is 52.5 Å². The van der Waals surface area contributed by atoms with Crippen molar-refractivity contribution in [3.63, 3.8) is 0 Å². The molecule has 0 amide bonds. The standard InChI is InChI=1S/C18H17N3/c1-11(2)21-15-6-4-5-13(9-19)17(15)18-14(10-20)7-12(3)8-16(18)21/h4-7,11-12H,8H2,1-3H3. The van der Waals surface area contributed by atoms with Crippen LogP contribution in [0.15, 0.2) is 24.3 Å². The highest BCUT2D eigenvalue weighted by atomic mass is 15.0. The minimum absolute atomic E-state index is 0.301. The van der Waals surface area contributed by atoms with Crippen LogP contribution < -0.4 is 0 Å². The molecule has 0 N–H and O–H groups in total. The monoisotopic (exact) mass is 275 g/mol. The maximum Gasteiger partial charge on any atom is 0.0998 e. The van der Waals surface area contributed by atoms with Crippen LogP contribution in [0.5, 0.6) is 0 Å². The number of nitrogens with zero attached hydrogens (tertiary/aromatic N) is 3. The second-order valence-corrected chi connectivity index (χ2v) is 5.97. The van der Waals surface area contributed by atoms with Crippen molar-refractivity contribution in [1.82, 2.24) is 4.57 Å². The lowest BCUT2D eigenvalue weighted by molar-refractivity contribution is 0.567. The smallest absolute Gasteiger partial charge is 0.0998 e. The third-order valence-corrected chi connectivity index (χ3v) is 4.12. The molecule has 3 rings (SSSR count). The molecule has 1 aliphatic carbocycles. The summed E-state index contributed by atoms with van der Waals surface area (Å²) in [5.41, 5.74) is 4.57. The number of benzene rings is 1. The lowest BCUT2D eigenvalue weighted by atomic mass is 9.88. The summed E-state index contributed by atoms with van der Waals surface area (Å²) in [4.78, 5) is 0. The van der Waals surface area contributed by atoms with Crippen molar-refractivity contribution in [1.29, 1.82) is 10.5 Å². The molecule has 21 heavy (non-hydrogen) atoms. The second-order valence-electron chi connectivity index (χ2n) is 5.97. The summed E-state index contributed by atoms with van der Waals surface area (Å²) in [6.45, 7) is 6.43. The number of aromatic nitrogens is 1. The second kappa shape index (κ2) is 4.79. The Kier molecular flexibility index (Phi) is 3.07. The third-order valence-electron chi connectivity index (χ3n) is 4.12. The molecule has 1 unspecified atom stereocenters. The van der Waals surface area contributed by atoms with Crippen molar-refractivity contribution in [2.45, 2.75) is 33.2 Å². The molecule has 1 aromatic heterocycles. The van der Waals surface area contributed by atoms with Gasteiger partial charge < -0.3 is 4.57 Å². The first-order valence-electron chi connectivity index (χ1n) is 7.26. The Morgan fingerprint density at radius 1 is 1.24 bits per heavy atom. The van der Waals surface area contributed by atoms with Crippen molar-refractivity contribution in [3.05, 3.63) is 41.1 Å². The maximum absolute atomic E-state index is 9.52. The van der Waals surface area contributed by atoms with Crippen molar-refractivity contribution in [3.8, 4) is 12.1 Å². The number of fused-ring (bicyclic) bond motifs is 3. The zero-order chi connectivity index (χ0) is 15.1. The zero-order valence-corrected chi connectivity index (χ0v) is 12.5. The first-order valence-corrected chi connectivity index (χ1v) is 7.26. The number of allylic oxidation sites excluding steroid dienone is 2. The van der Waals surface area contributed by atoms with Gasteiger partial charge in [-0.05, 0) is 38.3 Å². The molecule has 0 bridgehead atoms. The Bertz CT molecular complexity index is 838. The van der Waals surface area contributed by atoms with Gasteiger partial charge in [-0.25, -0.2) is 0 Å². The first-order chi connectivity index (χ1) is 10.1. The van der Waals surface area contributed by atoms with Gasteiger partial charge in [-0.3, -0.25) is 0 Å². The predicted molar refractivity (Wildman–Crippen MR) is 83.5 cm³/mol. The Labute approximate surface area is 124 Å². The fourth-order valence-corrected chi connectivity index (χ4v) is 3.41. The van der Waals surface area contributed by atoms with Crippen LogP contribution in [-0.4, -0.2) is 4.57 Å². The third kappa shape index (κ3) is 1.86. The molecule has 0 saturated heterocycles. The lowest BCUT2D eigenvalue weighted by Crippen LogP contribution is -2.13. The molecule has 0 radical (unpaired) electrons. The Morgan fingerprint density at radius 2 is 2.00 bits per heavy atom. The Morgan fingerprint density at radius 3 is 2.62 bits per heavy atom. The summed E-state index contributed by atoms with van der Waals surface area (Å²) in [6, 6.07) is 10.7. The van der Waals surface area contributed by atoms with E-state index in [1.165, 1.54) is 5.69 Å². The van der Waals surface area contributed by atoms with E-state index >= 15 is 0 Å². The highest BCUT2D eigenvalue weighted by Crippen LogP contribution is 2.40. The SMILES string of the molecule is CC1C=C(C#N)c2c(n(C(C)C)c3cccc(C#N)c23)C1. The van der Waals surface area contributed by atoms with E-state index in [0.29, 0.717) is 23.1 Å². The van der Waals surface area contributed by atoms with Gasteiger partial charge in [0.25, 0.3) is 0 Å². The summed E-state index contributed by atoms with van der Waals surface area (Å²) < 4.78 is 2.28. The van der Waals surface area contributed by atoms with E-state index in [4.69, 9.17) is 0 Å². The molecule has 104 valence electrons.